The Morgan fingerprint density at radius 3 is 1.93 bits per heavy atom. The Hall–Kier alpha value is -3.39. The lowest BCUT2D eigenvalue weighted by Gasteiger charge is -2.04. The van der Waals surface area contributed by atoms with E-state index in [-0.39, 0.29) is 0 Å². The third-order valence-electron chi connectivity index (χ3n) is 4.45. The quantitative estimate of drug-likeness (QED) is 0.548. The molecule has 27 heavy (non-hydrogen) atoms. The van der Waals surface area contributed by atoms with Crippen molar-refractivity contribution in [2.45, 2.75) is 19.3 Å². The zero-order valence-corrected chi connectivity index (χ0v) is 15.3. The van der Waals surface area contributed by atoms with E-state index in [1.54, 1.807) is 0 Å². The summed E-state index contributed by atoms with van der Waals surface area (Å²) in [6.07, 6.45) is 35.0. The van der Waals surface area contributed by atoms with Crippen molar-refractivity contribution in [2.24, 2.45) is 0 Å². The van der Waals surface area contributed by atoms with Gasteiger partial charge in [-0.25, -0.2) is 0 Å². The van der Waals surface area contributed by atoms with E-state index in [0.29, 0.717) is 0 Å². The summed E-state index contributed by atoms with van der Waals surface area (Å²) in [6, 6.07) is 10.3. The normalized spacial score (nSPS) is 19.3. The van der Waals surface area contributed by atoms with Crippen molar-refractivity contribution in [3.8, 4) is 0 Å². The lowest BCUT2D eigenvalue weighted by Crippen LogP contribution is -1.96. The molecule has 126 valence electrons. The van der Waals surface area contributed by atoms with Gasteiger partial charge in [-0.2, -0.15) is 0 Å². The second-order valence-corrected chi connectivity index (χ2v) is 6.70. The van der Waals surface area contributed by atoms with Crippen LogP contribution in [0.2, 0.25) is 0 Å². The standard InChI is InChI=1S/C27H21/c1-4-10-22(11-5-1)16-25-19-26(17-23-12-6-2-7-13-23)21-27(20-25)18-24-14-8-3-9-15-24/h1,4-15,19,21H,2-3,20H2/q+3. The summed E-state index contributed by atoms with van der Waals surface area (Å²) in [6.45, 7) is 0. The van der Waals surface area contributed by atoms with Crippen molar-refractivity contribution in [3.63, 3.8) is 0 Å². The molecule has 0 heterocycles. The van der Waals surface area contributed by atoms with Crippen molar-refractivity contribution in [3.05, 3.63) is 143 Å². The highest BCUT2D eigenvalue weighted by Crippen LogP contribution is 2.27. The van der Waals surface area contributed by atoms with Crippen molar-refractivity contribution in [2.75, 3.05) is 0 Å². The highest BCUT2D eigenvalue weighted by atomic mass is 14.1. The van der Waals surface area contributed by atoms with Gasteiger partial charge >= 0.3 is 0 Å². The second kappa shape index (κ2) is 8.33. The molecular formula is C27H21+3. The minimum Gasteiger partial charge on any atom is -0.0449 e. The van der Waals surface area contributed by atoms with E-state index < -0.39 is 0 Å². The molecule has 4 rings (SSSR count). The minimum atomic E-state index is 0.826. The molecule has 0 nitrogen and oxygen atoms in total. The Morgan fingerprint density at radius 2 is 1.26 bits per heavy atom. The first-order valence-corrected chi connectivity index (χ1v) is 9.39. The van der Waals surface area contributed by atoms with Crippen LogP contribution in [0, 0.1) is 18.2 Å². The maximum absolute atomic E-state index is 3.56. The van der Waals surface area contributed by atoms with Crippen LogP contribution in [0.15, 0.2) is 119 Å². The van der Waals surface area contributed by atoms with E-state index in [0.717, 1.165) is 52.7 Å². The summed E-state index contributed by atoms with van der Waals surface area (Å²) in [4.78, 5) is 0. The fourth-order valence-corrected chi connectivity index (χ4v) is 3.23. The lowest BCUT2D eigenvalue weighted by molar-refractivity contribution is 1.13. The van der Waals surface area contributed by atoms with E-state index in [9.17, 15) is 0 Å². The summed E-state index contributed by atoms with van der Waals surface area (Å²) in [5.41, 5.74) is 6.71. The molecule has 0 saturated carbocycles. The predicted molar refractivity (Wildman–Crippen MR) is 112 cm³/mol. The van der Waals surface area contributed by atoms with Gasteiger partial charge in [0.25, 0.3) is 0 Å². The van der Waals surface area contributed by atoms with E-state index in [2.05, 4.69) is 91.1 Å². The predicted octanol–water partition coefficient (Wildman–Crippen LogP) is 6.51. The number of allylic oxidation sites excluding steroid dienone is 17. The average Bonchev–Trinajstić information content (AvgIpc) is 2.70. The molecule has 0 amide bonds. The van der Waals surface area contributed by atoms with Crippen molar-refractivity contribution < 1.29 is 0 Å². The van der Waals surface area contributed by atoms with Crippen LogP contribution in [0.25, 0.3) is 0 Å². The summed E-state index contributed by atoms with van der Waals surface area (Å²) in [5, 5.41) is 0. The van der Waals surface area contributed by atoms with Gasteiger partial charge in [0.1, 0.15) is 22.3 Å². The zero-order valence-electron chi connectivity index (χ0n) is 15.3. The van der Waals surface area contributed by atoms with Gasteiger partial charge in [0.2, 0.25) is 0 Å². The van der Waals surface area contributed by atoms with Crippen molar-refractivity contribution >= 4 is 0 Å². The van der Waals surface area contributed by atoms with Crippen LogP contribution in [-0.2, 0) is 0 Å². The summed E-state index contributed by atoms with van der Waals surface area (Å²) in [7, 11) is 0. The van der Waals surface area contributed by atoms with Crippen LogP contribution >= 0.6 is 0 Å². The molecule has 0 N–H and O–H groups in total. The summed E-state index contributed by atoms with van der Waals surface area (Å²) >= 11 is 0. The average molecular weight is 345 g/mol. The largest absolute Gasteiger partial charge is 0.147 e. The molecule has 0 fully saturated rings. The molecule has 0 atom stereocenters. The first-order valence-electron chi connectivity index (χ1n) is 9.39. The SMILES string of the molecule is [C+](=C1C=CCC=C1)C1=CC(=[C+]c2ccccc2)CC([C+]=C2C=CCC=C2)=C1. The molecule has 0 radical (unpaired) electrons. The Kier molecular flexibility index (Phi) is 5.26. The fraction of sp³-hybridized carbons (Fsp3) is 0.111. The molecule has 1 aromatic carbocycles. The Labute approximate surface area is 162 Å². The third-order valence-corrected chi connectivity index (χ3v) is 4.45. The maximum Gasteiger partial charge on any atom is 0.147 e. The molecule has 0 unspecified atom stereocenters. The van der Waals surface area contributed by atoms with Gasteiger partial charge in [0.05, 0.1) is 29.7 Å². The third kappa shape index (κ3) is 4.83. The second-order valence-electron chi connectivity index (χ2n) is 6.70. The molecule has 0 heteroatoms. The molecule has 0 bridgehead atoms. The van der Waals surface area contributed by atoms with Crippen LogP contribution in [0.4, 0.5) is 0 Å². The van der Waals surface area contributed by atoms with Crippen LogP contribution in [0.5, 0.6) is 0 Å². The van der Waals surface area contributed by atoms with Gasteiger partial charge < -0.3 is 0 Å². The van der Waals surface area contributed by atoms with E-state index in [1.165, 1.54) is 0 Å². The number of hydrogen-bond donors (Lipinski definition) is 0. The molecule has 0 saturated heterocycles. The van der Waals surface area contributed by atoms with Gasteiger partial charge in [0, 0.05) is 61.1 Å². The zero-order chi connectivity index (χ0) is 18.3. The molecular weight excluding hydrogens is 324 g/mol. The maximum atomic E-state index is 3.56. The Balaban J connectivity index is 1.69. The molecule has 0 aromatic heterocycles. The van der Waals surface area contributed by atoms with Gasteiger partial charge in [-0.15, -0.1) is 0 Å². The van der Waals surface area contributed by atoms with E-state index in [1.807, 2.05) is 18.2 Å². The van der Waals surface area contributed by atoms with Crippen molar-refractivity contribution in [1.29, 1.82) is 0 Å². The lowest BCUT2D eigenvalue weighted by atomic mass is 9.90. The van der Waals surface area contributed by atoms with E-state index in [4.69, 9.17) is 0 Å². The number of rotatable bonds is 3. The molecule has 3 aliphatic carbocycles. The monoisotopic (exact) mass is 345 g/mol. The highest BCUT2D eigenvalue weighted by Gasteiger charge is 2.20. The van der Waals surface area contributed by atoms with Crippen LogP contribution in [0.3, 0.4) is 0 Å². The van der Waals surface area contributed by atoms with Crippen molar-refractivity contribution in [1.82, 2.24) is 0 Å². The van der Waals surface area contributed by atoms with E-state index >= 15 is 0 Å². The highest BCUT2D eigenvalue weighted by molar-refractivity contribution is 5.51. The van der Waals surface area contributed by atoms with Gasteiger partial charge in [0.15, 0.2) is 0 Å². The number of hydrogen-bond acceptors (Lipinski definition) is 0. The van der Waals surface area contributed by atoms with Gasteiger partial charge in [-0.3, -0.25) is 0 Å². The topological polar surface area (TPSA) is 0 Å². The molecule has 0 aliphatic heterocycles. The Morgan fingerprint density at radius 1 is 0.630 bits per heavy atom. The molecule has 0 spiro atoms. The van der Waals surface area contributed by atoms with Gasteiger partial charge in [-0.1, -0.05) is 0 Å². The molecule has 3 aliphatic rings. The number of benzene rings is 1. The fourth-order valence-electron chi connectivity index (χ4n) is 3.23. The van der Waals surface area contributed by atoms with Crippen LogP contribution < -0.4 is 0 Å². The van der Waals surface area contributed by atoms with Gasteiger partial charge in [-0.05, 0) is 48.9 Å². The molecule has 1 aromatic rings. The smallest absolute Gasteiger partial charge is 0.0449 e. The Bertz CT molecular complexity index is 936. The first kappa shape index (κ1) is 17.0. The van der Waals surface area contributed by atoms with Crippen LogP contribution in [0.1, 0.15) is 24.8 Å². The first-order chi connectivity index (χ1) is 13.3. The minimum absolute atomic E-state index is 0.826. The summed E-state index contributed by atoms with van der Waals surface area (Å²) < 4.78 is 0. The summed E-state index contributed by atoms with van der Waals surface area (Å²) in [5.74, 6) is 0. The van der Waals surface area contributed by atoms with Crippen LogP contribution in [-0.4, -0.2) is 0 Å².